The van der Waals surface area contributed by atoms with Crippen LogP contribution in [0.1, 0.15) is 34.9 Å². The Morgan fingerprint density at radius 3 is 3.04 bits per heavy atom. The third-order valence-electron chi connectivity index (χ3n) is 3.57. The number of imidazole rings is 1. The van der Waals surface area contributed by atoms with Crippen LogP contribution in [0.2, 0.25) is 0 Å². The summed E-state index contributed by atoms with van der Waals surface area (Å²) in [6.45, 7) is 2.84. The van der Waals surface area contributed by atoms with Crippen LogP contribution in [0.3, 0.4) is 0 Å². The minimum absolute atomic E-state index is 0.0538. The van der Waals surface area contributed by atoms with Crippen LogP contribution in [0.15, 0.2) is 47.5 Å². The molecule has 0 fully saturated rings. The first-order chi connectivity index (χ1) is 12.2. The third kappa shape index (κ3) is 4.23. The first-order valence-corrected chi connectivity index (χ1v) is 7.75. The van der Waals surface area contributed by atoms with Crippen molar-refractivity contribution in [3.05, 3.63) is 60.3 Å². The Balaban J connectivity index is 1.59. The molecule has 1 aromatic carbocycles. The van der Waals surface area contributed by atoms with Crippen LogP contribution in [-0.4, -0.2) is 32.8 Å². The van der Waals surface area contributed by atoms with Gasteiger partial charge in [0.05, 0.1) is 24.9 Å². The fourth-order valence-electron chi connectivity index (χ4n) is 2.29. The molecule has 0 N–H and O–H groups in total. The van der Waals surface area contributed by atoms with E-state index in [9.17, 15) is 4.79 Å². The molecule has 1 atom stereocenters. The highest BCUT2D eigenvalue weighted by molar-refractivity contribution is 5.89. The predicted octanol–water partition coefficient (Wildman–Crippen LogP) is 2.44. The van der Waals surface area contributed by atoms with Crippen LogP contribution >= 0.6 is 0 Å². The van der Waals surface area contributed by atoms with Crippen molar-refractivity contribution in [3.8, 4) is 5.75 Å². The van der Waals surface area contributed by atoms with Crippen LogP contribution in [0.25, 0.3) is 0 Å². The summed E-state index contributed by atoms with van der Waals surface area (Å²) in [4.78, 5) is 19.9. The minimum Gasteiger partial charge on any atom is -0.485 e. The number of benzene rings is 1. The molecule has 0 amide bonds. The number of carbonyl (C=O) groups excluding carboxylic acids is 1. The highest BCUT2D eigenvalue weighted by Gasteiger charge is 2.15. The summed E-state index contributed by atoms with van der Waals surface area (Å²) in [5.41, 5.74) is 0.419. The highest BCUT2D eigenvalue weighted by atomic mass is 16.5. The molecule has 0 spiro atoms. The van der Waals surface area contributed by atoms with E-state index in [0.717, 1.165) is 0 Å². The summed E-state index contributed by atoms with van der Waals surface area (Å²) >= 11 is 0. The lowest BCUT2D eigenvalue weighted by Crippen LogP contribution is -2.05. The number of ether oxygens (including phenoxy) is 2. The van der Waals surface area contributed by atoms with E-state index in [1.165, 1.54) is 7.11 Å². The fraction of sp³-hybridized carbons (Fsp3) is 0.294. The molecule has 1 unspecified atom stereocenters. The maximum atomic E-state index is 11.5. The number of aromatic nitrogens is 4. The molecular weight excluding hydrogens is 324 g/mol. The summed E-state index contributed by atoms with van der Waals surface area (Å²) in [6, 6.07) is 6.73. The zero-order chi connectivity index (χ0) is 17.6. The minimum atomic E-state index is -0.416. The van der Waals surface area contributed by atoms with Gasteiger partial charge in [-0.15, -0.1) is 0 Å². The summed E-state index contributed by atoms with van der Waals surface area (Å²) in [5.74, 6) is 1.14. The van der Waals surface area contributed by atoms with Gasteiger partial charge in [-0.25, -0.2) is 9.78 Å². The number of carbonyl (C=O) groups is 1. The lowest BCUT2D eigenvalue weighted by molar-refractivity contribution is 0.0600. The molecule has 25 heavy (non-hydrogen) atoms. The number of esters is 1. The van der Waals surface area contributed by atoms with Crippen LogP contribution in [0.4, 0.5) is 0 Å². The van der Waals surface area contributed by atoms with Crippen LogP contribution in [0.5, 0.6) is 5.75 Å². The maximum absolute atomic E-state index is 11.5. The SMILES string of the molecule is COC(=O)c1cccc(OCc2noc(C(C)Cn3ccnc3)n2)c1. The molecule has 0 aliphatic heterocycles. The maximum Gasteiger partial charge on any atom is 0.337 e. The van der Waals surface area contributed by atoms with Gasteiger partial charge in [-0.2, -0.15) is 4.98 Å². The Morgan fingerprint density at radius 1 is 1.40 bits per heavy atom. The topological polar surface area (TPSA) is 92.3 Å². The molecule has 3 rings (SSSR count). The number of methoxy groups -OCH3 is 1. The van der Waals surface area contributed by atoms with Crippen LogP contribution < -0.4 is 4.74 Å². The Bertz CT molecular complexity index is 829. The van der Waals surface area contributed by atoms with Gasteiger partial charge >= 0.3 is 5.97 Å². The van der Waals surface area contributed by atoms with E-state index in [2.05, 4.69) is 19.9 Å². The van der Waals surface area contributed by atoms with Crippen LogP contribution in [0, 0.1) is 0 Å². The van der Waals surface area contributed by atoms with Gasteiger partial charge in [0.25, 0.3) is 0 Å². The van der Waals surface area contributed by atoms with Crippen molar-refractivity contribution in [2.75, 3.05) is 7.11 Å². The molecule has 0 saturated heterocycles. The van der Waals surface area contributed by atoms with Gasteiger partial charge in [0.2, 0.25) is 11.7 Å². The Kier molecular flexibility index (Phi) is 5.08. The monoisotopic (exact) mass is 342 g/mol. The van der Waals surface area contributed by atoms with E-state index < -0.39 is 5.97 Å². The van der Waals surface area contributed by atoms with Crippen molar-refractivity contribution in [1.29, 1.82) is 0 Å². The smallest absolute Gasteiger partial charge is 0.337 e. The van der Waals surface area contributed by atoms with E-state index in [0.29, 0.717) is 29.6 Å². The van der Waals surface area contributed by atoms with E-state index in [1.54, 1.807) is 36.8 Å². The quantitative estimate of drug-likeness (QED) is 0.609. The second-order valence-corrected chi connectivity index (χ2v) is 5.52. The molecule has 130 valence electrons. The molecule has 0 aliphatic carbocycles. The zero-order valence-electron chi connectivity index (χ0n) is 14.0. The summed E-state index contributed by atoms with van der Waals surface area (Å²) in [5, 5.41) is 3.93. The lowest BCUT2D eigenvalue weighted by Gasteiger charge is -2.06. The van der Waals surface area contributed by atoms with Crippen molar-refractivity contribution >= 4 is 5.97 Å². The van der Waals surface area contributed by atoms with Gasteiger partial charge in [-0.1, -0.05) is 18.1 Å². The van der Waals surface area contributed by atoms with E-state index in [1.807, 2.05) is 17.7 Å². The molecule has 2 aromatic heterocycles. The molecule has 0 saturated carbocycles. The summed E-state index contributed by atoms with van der Waals surface area (Å²) in [7, 11) is 1.33. The molecule has 0 radical (unpaired) electrons. The molecule has 0 aliphatic rings. The molecule has 8 nitrogen and oxygen atoms in total. The number of rotatable bonds is 7. The second-order valence-electron chi connectivity index (χ2n) is 5.52. The van der Waals surface area contributed by atoms with Gasteiger partial charge < -0.3 is 18.6 Å². The van der Waals surface area contributed by atoms with Crippen LogP contribution in [-0.2, 0) is 17.9 Å². The Hall–Kier alpha value is -3.16. The fourth-order valence-corrected chi connectivity index (χ4v) is 2.29. The lowest BCUT2D eigenvalue weighted by atomic mass is 10.2. The van der Waals surface area contributed by atoms with Gasteiger partial charge in [0.1, 0.15) is 5.75 Å². The second kappa shape index (κ2) is 7.61. The predicted molar refractivity (Wildman–Crippen MR) is 87.1 cm³/mol. The van der Waals surface area contributed by atoms with Crippen molar-refractivity contribution in [2.24, 2.45) is 0 Å². The summed E-state index contributed by atoms with van der Waals surface area (Å²) < 4.78 is 17.5. The van der Waals surface area contributed by atoms with E-state index in [-0.39, 0.29) is 12.5 Å². The van der Waals surface area contributed by atoms with Crippen molar-refractivity contribution in [1.82, 2.24) is 19.7 Å². The Labute approximate surface area is 144 Å². The standard InChI is InChI=1S/C17H18N4O4/c1-12(9-21-7-6-18-11-21)16-19-15(20-25-16)10-24-14-5-3-4-13(8-14)17(22)23-2/h3-8,11-12H,9-10H2,1-2H3. The van der Waals surface area contributed by atoms with Gasteiger partial charge in [-0.05, 0) is 18.2 Å². The zero-order valence-corrected chi connectivity index (χ0v) is 14.0. The number of hydrogen-bond donors (Lipinski definition) is 0. The molecule has 0 bridgehead atoms. The van der Waals surface area contributed by atoms with E-state index in [4.69, 9.17) is 9.26 Å². The average Bonchev–Trinajstić information content (AvgIpc) is 3.31. The van der Waals surface area contributed by atoms with Gasteiger partial charge in [0.15, 0.2) is 6.61 Å². The molecule has 8 heteroatoms. The normalized spacial score (nSPS) is 11.9. The van der Waals surface area contributed by atoms with Gasteiger partial charge in [-0.3, -0.25) is 0 Å². The Morgan fingerprint density at radius 2 is 2.28 bits per heavy atom. The molecular formula is C17H18N4O4. The number of hydrogen-bond acceptors (Lipinski definition) is 7. The van der Waals surface area contributed by atoms with Crippen molar-refractivity contribution in [3.63, 3.8) is 0 Å². The first-order valence-electron chi connectivity index (χ1n) is 7.75. The first kappa shape index (κ1) is 16.7. The highest BCUT2D eigenvalue weighted by Crippen LogP contribution is 2.18. The van der Waals surface area contributed by atoms with Gasteiger partial charge in [0, 0.05) is 18.9 Å². The van der Waals surface area contributed by atoms with Crippen molar-refractivity contribution in [2.45, 2.75) is 26.0 Å². The van der Waals surface area contributed by atoms with Crippen molar-refractivity contribution < 1.29 is 18.8 Å². The largest absolute Gasteiger partial charge is 0.485 e. The summed E-state index contributed by atoms with van der Waals surface area (Å²) in [6.07, 6.45) is 5.35. The molecule has 2 heterocycles. The average molecular weight is 342 g/mol. The molecule has 3 aromatic rings. The van der Waals surface area contributed by atoms with E-state index >= 15 is 0 Å². The number of nitrogens with zero attached hydrogens (tertiary/aromatic N) is 4. The third-order valence-corrected chi connectivity index (χ3v) is 3.57.